The molecule has 350 valence electrons. The topological polar surface area (TPSA) is 295 Å². The number of methoxy groups -OCH3 is 1. The zero-order valence-electron chi connectivity index (χ0n) is 37.5. The van der Waals surface area contributed by atoms with Gasteiger partial charge in [0.15, 0.2) is 12.6 Å². The minimum Gasteiger partial charge on any atom is -0.481 e. The molecule has 0 bridgehead atoms. The molecule has 19 atom stereocenters. The van der Waals surface area contributed by atoms with Crippen LogP contribution in [-0.2, 0) is 47.6 Å². The number of carboxylic acid groups (broad SMARTS) is 2. The maximum Gasteiger partial charge on any atom is 0.321 e. The smallest absolute Gasteiger partial charge is 0.321 e. The Morgan fingerprint density at radius 1 is 0.917 bits per heavy atom. The van der Waals surface area contributed by atoms with Crippen molar-refractivity contribution < 1.29 is 83.3 Å². The molecule has 3 fully saturated rings. The molecule has 3 saturated heterocycles. The van der Waals surface area contributed by atoms with Crippen molar-refractivity contribution in [2.24, 2.45) is 29.4 Å². The van der Waals surface area contributed by atoms with Crippen LogP contribution >= 0.6 is 0 Å². The zero-order chi connectivity index (χ0) is 46.4. The number of ether oxygens (including phenoxy) is 6. The number of nitrogens with zero attached hydrogens (tertiary/aromatic N) is 1. The van der Waals surface area contributed by atoms with E-state index in [0.29, 0.717) is 6.42 Å². The highest BCUT2D eigenvalue weighted by molar-refractivity contribution is 5.83. The number of hydrogen-bond acceptors (Lipinski definition) is 17. The van der Waals surface area contributed by atoms with Gasteiger partial charge in [0.2, 0.25) is 0 Å². The van der Waals surface area contributed by atoms with Crippen LogP contribution in [0.4, 0.5) is 0 Å². The molecule has 3 rings (SSSR count). The number of cyclic esters (lactones) is 1. The van der Waals surface area contributed by atoms with Crippen molar-refractivity contribution in [2.75, 3.05) is 21.2 Å². The van der Waals surface area contributed by atoms with Crippen LogP contribution in [-0.4, -0.2) is 176 Å². The van der Waals surface area contributed by atoms with Gasteiger partial charge in [-0.25, -0.2) is 0 Å². The summed E-state index contributed by atoms with van der Waals surface area (Å²) in [7, 11) is 5.18. The number of aliphatic hydroxyl groups excluding tert-OH is 3. The molecule has 0 aliphatic carbocycles. The number of ketones is 1. The van der Waals surface area contributed by atoms with Crippen LogP contribution in [0.5, 0.6) is 0 Å². The molecule has 16 unspecified atom stereocenters. The van der Waals surface area contributed by atoms with Crippen molar-refractivity contribution in [2.45, 2.75) is 192 Å². The second kappa shape index (κ2) is 21.8. The van der Waals surface area contributed by atoms with E-state index in [1.807, 2.05) is 25.9 Å². The van der Waals surface area contributed by atoms with Crippen molar-refractivity contribution in [1.82, 2.24) is 4.90 Å². The third-order valence-corrected chi connectivity index (χ3v) is 12.5. The SMILES string of the molecule is CCC1OC(=O)C(C)C(OC2C[C@@](C)(OC)C(O)C(C)O2)C(C)C(OC2OC(C)CC(N(C)C)C2O)[C@@](C)(O)CC(C)C(=O)C(C)C(O)[C@@]1(C)O.NC(CC(=O)O)C(=O)O. The Kier molecular flexibility index (Phi) is 19.5. The highest BCUT2D eigenvalue weighted by atomic mass is 16.7. The zero-order valence-corrected chi connectivity index (χ0v) is 37.5. The average molecular weight is 867 g/mol. The van der Waals surface area contributed by atoms with Crippen molar-refractivity contribution in [3.05, 3.63) is 0 Å². The van der Waals surface area contributed by atoms with Crippen LogP contribution in [0.25, 0.3) is 0 Å². The first-order valence-electron chi connectivity index (χ1n) is 20.7. The Morgan fingerprint density at radius 2 is 1.50 bits per heavy atom. The normalized spacial score (nSPS) is 44.2. The van der Waals surface area contributed by atoms with Gasteiger partial charge < -0.3 is 74.8 Å². The Bertz CT molecular complexity index is 1430. The molecule has 0 spiro atoms. The molecule has 9 N–H and O–H groups in total. The Labute approximate surface area is 353 Å². The van der Waals surface area contributed by atoms with Crippen molar-refractivity contribution >= 4 is 23.7 Å². The summed E-state index contributed by atoms with van der Waals surface area (Å²) in [6, 6.07) is -1.61. The minimum atomic E-state index is -1.99. The molecular weight excluding hydrogens is 792 g/mol. The quantitative estimate of drug-likeness (QED) is 0.140. The summed E-state index contributed by atoms with van der Waals surface area (Å²) in [5, 5.41) is 73.6. The molecule has 3 heterocycles. The van der Waals surface area contributed by atoms with Gasteiger partial charge in [-0.1, -0.05) is 27.7 Å². The number of Topliss-reactive ketones (excluding diaryl/α,β-unsaturated/α-hetero) is 1. The standard InChI is InChI=1S/C37H67NO13.C4H7NO4/c1-14-25-37(10,45)30(41)20(4)27(39)18(2)16-35(8,44)32(51-34-28(40)24(38(11)12)15-19(3)47-34)21(5)29(22(6)33(43)49-25)50-26-17-36(9,46-13)31(42)23(7)48-26;5-2(4(8)9)1-3(6)7/h18-26,28-32,34,40-42,44-45H,14-17H2,1-13H3;2H,1,5H2,(H,6,7)(H,8,9)/t18?,19?,20?,21?,22?,23?,24?,25?,26?,28?,29?,30?,31?,32?,34?,35-,36+,37-;/m0./s1. The molecular formula is C41H74N2O17. The van der Waals surface area contributed by atoms with E-state index < -0.39 is 132 Å². The third-order valence-electron chi connectivity index (χ3n) is 12.5. The number of carboxylic acids is 2. The maximum absolute atomic E-state index is 14.1. The molecule has 0 aromatic carbocycles. The summed E-state index contributed by atoms with van der Waals surface area (Å²) in [6.07, 6.45) is -10.2. The van der Waals surface area contributed by atoms with Crippen LogP contribution in [0, 0.1) is 23.7 Å². The summed E-state index contributed by atoms with van der Waals surface area (Å²) >= 11 is 0. The van der Waals surface area contributed by atoms with Crippen LogP contribution < -0.4 is 5.73 Å². The van der Waals surface area contributed by atoms with E-state index in [4.69, 9.17) is 44.4 Å². The first-order valence-corrected chi connectivity index (χ1v) is 20.7. The molecule has 3 aliphatic rings. The summed E-state index contributed by atoms with van der Waals surface area (Å²) in [4.78, 5) is 49.4. The van der Waals surface area contributed by atoms with Gasteiger partial charge in [-0.05, 0) is 74.9 Å². The number of carbonyl (C=O) groups is 4. The molecule has 0 aromatic rings. The fourth-order valence-corrected chi connectivity index (χ4v) is 8.69. The van der Waals surface area contributed by atoms with Crippen molar-refractivity contribution in [3.63, 3.8) is 0 Å². The number of aliphatic carboxylic acids is 2. The number of hydrogen-bond donors (Lipinski definition) is 8. The lowest BCUT2D eigenvalue weighted by Gasteiger charge is -2.49. The second-order valence-electron chi connectivity index (χ2n) is 18.0. The monoisotopic (exact) mass is 866 g/mol. The molecule has 19 nitrogen and oxygen atoms in total. The van der Waals surface area contributed by atoms with E-state index in [0.717, 1.165) is 0 Å². The van der Waals surface area contributed by atoms with Crippen LogP contribution in [0.3, 0.4) is 0 Å². The Balaban J connectivity index is 0.00000123. The number of rotatable bonds is 10. The minimum absolute atomic E-state index is 0.0936. The van der Waals surface area contributed by atoms with E-state index in [9.17, 15) is 44.7 Å². The molecule has 0 amide bonds. The molecule has 60 heavy (non-hydrogen) atoms. The van der Waals surface area contributed by atoms with Crippen LogP contribution in [0.1, 0.15) is 101 Å². The van der Waals surface area contributed by atoms with Gasteiger partial charge in [0.05, 0.1) is 54.1 Å². The largest absolute Gasteiger partial charge is 0.481 e. The molecule has 19 heteroatoms. The molecule has 0 aromatic heterocycles. The third kappa shape index (κ3) is 13.1. The molecule has 0 saturated carbocycles. The second-order valence-corrected chi connectivity index (χ2v) is 18.0. The van der Waals surface area contributed by atoms with E-state index in [2.05, 4.69) is 0 Å². The van der Waals surface area contributed by atoms with Crippen LogP contribution in [0.2, 0.25) is 0 Å². The Morgan fingerprint density at radius 3 is 1.98 bits per heavy atom. The van der Waals surface area contributed by atoms with E-state index in [-0.39, 0.29) is 31.4 Å². The van der Waals surface area contributed by atoms with Gasteiger partial charge in [-0.15, -0.1) is 0 Å². The van der Waals surface area contributed by atoms with Gasteiger partial charge in [-0.2, -0.15) is 0 Å². The first-order chi connectivity index (χ1) is 27.5. The van der Waals surface area contributed by atoms with Crippen molar-refractivity contribution in [3.8, 4) is 0 Å². The number of carbonyl (C=O) groups excluding carboxylic acids is 2. The predicted octanol–water partition coefficient (Wildman–Crippen LogP) is 0.659. The highest BCUT2D eigenvalue weighted by Crippen LogP contribution is 2.40. The van der Waals surface area contributed by atoms with E-state index in [1.165, 1.54) is 27.9 Å². The lowest BCUT2D eigenvalue weighted by atomic mass is 9.74. The van der Waals surface area contributed by atoms with Gasteiger partial charge in [0.1, 0.15) is 35.7 Å². The number of likely N-dealkylation sites (N-methyl/N-ethyl adjacent to an activating group) is 1. The fraction of sp³-hybridized carbons (Fsp3) is 0.902. The van der Waals surface area contributed by atoms with Crippen LogP contribution in [0.15, 0.2) is 0 Å². The first kappa shape index (κ1) is 53.7. The molecule has 0 radical (unpaired) electrons. The lowest BCUT2D eigenvalue weighted by Crippen LogP contribution is -2.61. The number of esters is 1. The van der Waals surface area contributed by atoms with Gasteiger partial charge >= 0.3 is 17.9 Å². The summed E-state index contributed by atoms with van der Waals surface area (Å²) in [5.74, 6) is -7.47. The Hall–Kier alpha value is -2.40. The summed E-state index contributed by atoms with van der Waals surface area (Å²) in [6.45, 7) is 16.3. The average Bonchev–Trinajstić information content (AvgIpc) is 3.15. The number of aliphatic hydroxyl groups is 5. The van der Waals surface area contributed by atoms with Gasteiger partial charge in [0.25, 0.3) is 0 Å². The van der Waals surface area contributed by atoms with E-state index in [1.54, 1.807) is 41.5 Å². The number of nitrogens with two attached hydrogens (primary N) is 1. The van der Waals surface area contributed by atoms with Gasteiger partial charge in [0, 0.05) is 37.3 Å². The van der Waals surface area contributed by atoms with E-state index >= 15 is 0 Å². The van der Waals surface area contributed by atoms with Gasteiger partial charge in [-0.3, -0.25) is 19.2 Å². The maximum atomic E-state index is 14.1. The summed E-state index contributed by atoms with van der Waals surface area (Å²) in [5.41, 5.74) is -0.00202. The molecule has 3 aliphatic heterocycles. The highest BCUT2D eigenvalue weighted by Gasteiger charge is 2.53. The lowest BCUT2D eigenvalue weighted by molar-refractivity contribution is -0.318. The predicted molar refractivity (Wildman–Crippen MR) is 214 cm³/mol. The van der Waals surface area contributed by atoms with Crippen molar-refractivity contribution in [1.29, 1.82) is 0 Å². The summed E-state index contributed by atoms with van der Waals surface area (Å²) < 4.78 is 37.1. The fourth-order valence-electron chi connectivity index (χ4n) is 8.69.